The van der Waals surface area contributed by atoms with E-state index in [0.717, 1.165) is 0 Å². The zero-order chi connectivity index (χ0) is 12.3. The molecule has 3 heteroatoms. The molecule has 0 heterocycles. The van der Waals surface area contributed by atoms with Gasteiger partial charge in [-0.1, -0.05) is 26.8 Å². The number of nitrogens with two attached hydrogens (primary N) is 1. The molecule has 16 heavy (non-hydrogen) atoms. The van der Waals surface area contributed by atoms with Gasteiger partial charge in [0, 0.05) is 18.0 Å². The lowest BCUT2D eigenvalue weighted by Crippen LogP contribution is -2.38. The minimum atomic E-state index is -0.248. The third kappa shape index (κ3) is 3.20. The summed E-state index contributed by atoms with van der Waals surface area (Å²) in [5.41, 5.74) is 6.21. The lowest BCUT2D eigenvalue weighted by Gasteiger charge is -2.30. The van der Waals surface area contributed by atoms with Gasteiger partial charge < -0.3 is 10.5 Å². The third-order valence-electron chi connectivity index (χ3n) is 2.60. The molecular weight excluding hydrogens is 205 g/mol. The van der Waals surface area contributed by atoms with E-state index in [9.17, 15) is 4.39 Å². The molecule has 0 saturated carbocycles. The molecule has 0 radical (unpaired) electrons. The summed E-state index contributed by atoms with van der Waals surface area (Å²) in [7, 11) is 0. The van der Waals surface area contributed by atoms with E-state index in [0.29, 0.717) is 17.9 Å². The van der Waals surface area contributed by atoms with E-state index in [1.165, 1.54) is 6.07 Å². The van der Waals surface area contributed by atoms with Gasteiger partial charge in [-0.05, 0) is 18.6 Å². The molecule has 2 nitrogen and oxygen atoms in total. The Hall–Kier alpha value is -1.09. The van der Waals surface area contributed by atoms with Crippen LogP contribution in [0.1, 0.15) is 26.3 Å². The van der Waals surface area contributed by atoms with Gasteiger partial charge in [0.15, 0.2) is 0 Å². The molecule has 0 saturated heterocycles. The Balaban J connectivity index is 2.83. The Kier molecular flexibility index (Phi) is 3.92. The highest BCUT2D eigenvalue weighted by Gasteiger charge is 2.25. The van der Waals surface area contributed by atoms with Crippen LogP contribution >= 0.6 is 0 Å². The van der Waals surface area contributed by atoms with Gasteiger partial charge in [-0.25, -0.2) is 4.39 Å². The Morgan fingerprint density at radius 3 is 2.44 bits per heavy atom. The zero-order valence-electron chi connectivity index (χ0n) is 10.4. The first kappa shape index (κ1) is 13.0. The van der Waals surface area contributed by atoms with E-state index in [2.05, 4.69) is 20.8 Å². The van der Waals surface area contributed by atoms with Crippen LogP contribution in [0.3, 0.4) is 0 Å². The molecule has 0 bridgehead atoms. The highest BCUT2D eigenvalue weighted by atomic mass is 19.1. The van der Waals surface area contributed by atoms with Crippen LogP contribution in [0.5, 0.6) is 5.75 Å². The van der Waals surface area contributed by atoms with Gasteiger partial charge in [-0.3, -0.25) is 0 Å². The fourth-order valence-electron chi connectivity index (χ4n) is 1.39. The summed E-state index contributed by atoms with van der Waals surface area (Å²) in [4.78, 5) is 0. The molecule has 1 aromatic carbocycles. The fourth-order valence-corrected chi connectivity index (χ4v) is 1.39. The number of ether oxygens (including phenoxy) is 1. The quantitative estimate of drug-likeness (QED) is 0.858. The predicted octanol–water partition coefficient (Wildman–Crippen LogP) is 2.89. The molecule has 0 aromatic heterocycles. The van der Waals surface area contributed by atoms with E-state index in [1.807, 2.05) is 0 Å². The molecule has 0 aliphatic carbocycles. The van der Waals surface area contributed by atoms with Gasteiger partial charge in [0.1, 0.15) is 17.7 Å². The highest BCUT2D eigenvalue weighted by molar-refractivity contribution is 5.28. The molecule has 1 unspecified atom stereocenters. The van der Waals surface area contributed by atoms with Crippen molar-refractivity contribution in [1.82, 2.24) is 0 Å². The molecule has 1 atom stereocenters. The average molecular weight is 225 g/mol. The molecule has 0 amide bonds. The van der Waals surface area contributed by atoms with Crippen LogP contribution in [0.4, 0.5) is 4.39 Å². The predicted molar refractivity (Wildman–Crippen MR) is 64.1 cm³/mol. The summed E-state index contributed by atoms with van der Waals surface area (Å²) in [6, 6.07) is 4.89. The summed E-state index contributed by atoms with van der Waals surface area (Å²) < 4.78 is 19.0. The molecule has 1 aromatic rings. The van der Waals surface area contributed by atoms with Crippen LogP contribution in [-0.2, 0) is 0 Å². The molecule has 2 N–H and O–H groups in total. The second-order valence-electron chi connectivity index (χ2n) is 5.12. The van der Waals surface area contributed by atoms with Crippen molar-refractivity contribution in [2.24, 2.45) is 11.1 Å². The van der Waals surface area contributed by atoms with Crippen molar-refractivity contribution in [2.45, 2.75) is 33.8 Å². The summed E-state index contributed by atoms with van der Waals surface area (Å²) >= 11 is 0. The summed E-state index contributed by atoms with van der Waals surface area (Å²) in [5.74, 6) is 0.288. The molecule has 90 valence electrons. The Morgan fingerprint density at radius 1 is 1.38 bits per heavy atom. The van der Waals surface area contributed by atoms with E-state index in [4.69, 9.17) is 10.5 Å². The number of rotatable bonds is 3. The topological polar surface area (TPSA) is 35.2 Å². The average Bonchev–Trinajstić information content (AvgIpc) is 2.18. The van der Waals surface area contributed by atoms with Crippen molar-refractivity contribution in [3.8, 4) is 5.75 Å². The summed E-state index contributed by atoms with van der Waals surface area (Å²) in [5, 5.41) is 0. The zero-order valence-corrected chi connectivity index (χ0v) is 10.4. The first-order chi connectivity index (χ1) is 7.34. The molecule has 0 spiro atoms. The molecule has 0 fully saturated rings. The number of aryl methyl sites for hydroxylation is 1. The van der Waals surface area contributed by atoms with Crippen LogP contribution in [0.2, 0.25) is 0 Å². The van der Waals surface area contributed by atoms with Crippen molar-refractivity contribution in [2.75, 3.05) is 6.54 Å². The maximum absolute atomic E-state index is 13.3. The highest BCUT2D eigenvalue weighted by Crippen LogP contribution is 2.25. The van der Waals surface area contributed by atoms with Crippen LogP contribution in [0.25, 0.3) is 0 Å². The maximum Gasteiger partial charge on any atom is 0.129 e. The lowest BCUT2D eigenvalue weighted by atomic mass is 9.89. The number of hydrogen-bond donors (Lipinski definition) is 1. The number of benzene rings is 1. The second-order valence-corrected chi connectivity index (χ2v) is 5.12. The summed E-state index contributed by atoms with van der Waals surface area (Å²) in [6.07, 6.45) is -0.116. The maximum atomic E-state index is 13.3. The third-order valence-corrected chi connectivity index (χ3v) is 2.60. The minimum Gasteiger partial charge on any atom is -0.488 e. The van der Waals surface area contributed by atoms with Crippen molar-refractivity contribution in [3.05, 3.63) is 29.6 Å². The first-order valence-electron chi connectivity index (χ1n) is 5.47. The largest absolute Gasteiger partial charge is 0.488 e. The van der Waals surface area contributed by atoms with Gasteiger partial charge in [-0.15, -0.1) is 0 Å². The van der Waals surface area contributed by atoms with Gasteiger partial charge in [0.05, 0.1) is 0 Å². The monoisotopic (exact) mass is 225 g/mol. The SMILES string of the molecule is Cc1ccc(OC(CN)C(C)(C)C)cc1F. The Morgan fingerprint density at radius 2 is 2.00 bits per heavy atom. The van der Waals surface area contributed by atoms with E-state index in [1.54, 1.807) is 19.1 Å². The van der Waals surface area contributed by atoms with Gasteiger partial charge in [-0.2, -0.15) is 0 Å². The Bertz CT molecular complexity index is 357. The second kappa shape index (κ2) is 4.83. The van der Waals surface area contributed by atoms with Crippen molar-refractivity contribution in [1.29, 1.82) is 0 Å². The normalized spacial score (nSPS) is 13.6. The van der Waals surface area contributed by atoms with E-state index >= 15 is 0 Å². The van der Waals surface area contributed by atoms with Crippen LogP contribution in [-0.4, -0.2) is 12.6 Å². The molecule has 0 aliphatic heterocycles. The Labute approximate surface area is 96.6 Å². The van der Waals surface area contributed by atoms with Crippen molar-refractivity contribution < 1.29 is 9.13 Å². The van der Waals surface area contributed by atoms with Crippen molar-refractivity contribution >= 4 is 0 Å². The molecular formula is C13H20FNO. The fraction of sp³-hybridized carbons (Fsp3) is 0.538. The van der Waals surface area contributed by atoms with Gasteiger partial charge in [0.2, 0.25) is 0 Å². The van der Waals surface area contributed by atoms with Gasteiger partial charge >= 0.3 is 0 Å². The van der Waals surface area contributed by atoms with Crippen LogP contribution in [0, 0.1) is 18.2 Å². The molecule has 1 rings (SSSR count). The standard InChI is InChI=1S/C13H20FNO/c1-9-5-6-10(7-11(9)14)16-12(8-15)13(2,3)4/h5-7,12H,8,15H2,1-4H3. The van der Waals surface area contributed by atoms with Crippen molar-refractivity contribution in [3.63, 3.8) is 0 Å². The molecule has 0 aliphatic rings. The number of hydrogen-bond acceptors (Lipinski definition) is 2. The van der Waals surface area contributed by atoms with Gasteiger partial charge in [0.25, 0.3) is 0 Å². The van der Waals surface area contributed by atoms with E-state index in [-0.39, 0.29) is 17.3 Å². The smallest absolute Gasteiger partial charge is 0.129 e. The van der Waals surface area contributed by atoms with Crippen LogP contribution in [0.15, 0.2) is 18.2 Å². The first-order valence-corrected chi connectivity index (χ1v) is 5.47. The number of halogens is 1. The summed E-state index contributed by atoms with van der Waals surface area (Å²) in [6.45, 7) is 8.29. The minimum absolute atomic E-state index is 0.0594. The van der Waals surface area contributed by atoms with E-state index < -0.39 is 0 Å². The van der Waals surface area contributed by atoms with Crippen LogP contribution < -0.4 is 10.5 Å². The lowest BCUT2D eigenvalue weighted by molar-refractivity contribution is 0.0938.